The van der Waals surface area contributed by atoms with Crippen LogP contribution in [0.15, 0.2) is 0 Å². The van der Waals surface area contributed by atoms with Gasteiger partial charge in [0.2, 0.25) is 5.91 Å². The summed E-state index contributed by atoms with van der Waals surface area (Å²) in [5.74, 6) is 0.732. The predicted octanol–water partition coefficient (Wildman–Crippen LogP) is -0.179. The number of rotatable bonds is 4. The molecule has 0 spiro atoms. The van der Waals surface area contributed by atoms with Gasteiger partial charge in [0, 0.05) is 26.7 Å². The minimum Gasteiger partial charge on any atom is -0.380 e. The number of nitrogens with one attached hydrogen (secondary N) is 2. The summed E-state index contributed by atoms with van der Waals surface area (Å²) >= 11 is 0. The van der Waals surface area contributed by atoms with Crippen LogP contribution in [-0.4, -0.2) is 63.3 Å². The van der Waals surface area contributed by atoms with Gasteiger partial charge in [0.1, 0.15) is 0 Å². The summed E-state index contributed by atoms with van der Waals surface area (Å²) < 4.78 is 5.25. The molecule has 3 atom stereocenters. The Bertz CT molecular complexity index is 285. The quantitative estimate of drug-likeness (QED) is 0.732. The Labute approximate surface area is 109 Å². The lowest BCUT2D eigenvalue weighted by molar-refractivity contribution is -0.123. The number of likely N-dealkylation sites (tertiary alicyclic amines) is 1. The van der Waals surface area contributed by atoms with E-state index in [2.05, 4.69) is 22.6 Å². The molecule has 3 unspecified atom stereocenters. The highest BCUT2D eigenvalue weighted by Crippen LogP contribution is 2.14. The monoisotopic (exact) mass is 255 g/mol. The first kappa shape index (κ1) is 13.8. The molecule has 2 aliphatic heterocycles. The topological polar surface area (TPSA) is 53.6 Å². The second-order valence-corrected chi connectivity index (χ2v) is 5.57. The van der Waals surface area contributed by atoms with Gasteiger partial charge in [0.05, 0.1) is 12.1 Å². The molecule has 2 heterocycles. The van der Waals surface area contributed by atoms with Gasteiger partial charge in [-0.2, -0.15) is 0 Å². The normalized spacial score (nSPS) is 33.6. The number of methoxy groups -OCH3 is 1. The Morgan fingerprint density at radius 2 is 2.39 bits per heavy atom. The Balaban J connectivity index is 1.68. The second-order valence-electron chi connectivity index (χ2n) is 5.57. The summed E-state index contributed by atoms with van der Waals surface area (Å²) in [6.07, 6.45) is 3.43. The van der Waals surface area contributed by atoms with Gasteiger partial charge in [0.25, 0.3) is 0 Å². The van der Waals surface area contributed by atoms with E-state index in [-0.39, 0.29) is 18.1 Å². The van der Waals surface area contributed by atoms with E-state index in [1.54, 1.807) is 7.11 Å². The van der Waals surface area contributed by atoms with Gasteiger partial charge in [-0.05, 0) is 38.8 Å². The number of carbonyl (C=O) groups excluding carboxylic acids is 1. The lowest BCUT2D eigenvalue weighted by Gasteiger charge is -2.30. The van der Waals surface area contributed by atoms with E-state index in [0.717, 1.165) is 26.1 Å². The predicted molar refractivity (Wildman–Crippen MR) is 70.4 cm³/mol. The van der Waals surface area contributed by atoms with Gasteiger partial charge < -0.3 is 20.3 Å². The highest BCUT2D eigenvalue weighted by atomic mass is 16.5. The van der Waals surface area contributed by atoms with E-state index in [4.69, 9.17) is 4.74 Å². The average molecular weight is 255 g/mol. The number of nitrogens with zero attached hydrogens (tertiary/aromatic N) is 1. The summed E-state index contributed by atoms with van der Waals surface area (Å²) in [6, 6.07) is -0.0729. The molecule has 0 aromatic carbocycles. The summed E-state index contributed by atoms with van der Waals surface area (Å²) in [5, 5.41) is 6.28. The van der Waals surface area contributed by atoms with Gasteiger partial charge in [-0.25, -0.2) is 0 Å². The van der Waals surface area contributed by atoms with Crippen LogP contribution in [0.1, 0.15) is 19.3 Å². The highest BCUT2D eigenvalue weighted by molar-refractivity contribution is 5.82. The van der Waals surface area contributed by atoms with Crippen molar-refractivity contribution in [3.63, 3.8) is 0 Å². The van der Waals surface area contributed by atoms with Crippen LogP contribution in [0, 0.1) is 5.92 Å². The van der Waals surface area contributed by atoms with E-state index in [1.807, 2.05) is 0 Å². The van der Waals surface area contributed by atoms with Crippen LogP contribution in [0.25, 0.3) is 0 Å². The minimum absolute atomic E-state index is 0.0729. The maximum absolute atomic E-state index is 12.0. The van der Waals surface area contributed by atoms with Gasteiger partial charge >= 0.3 is 0 Å². The van der Waals surface area contributed by atoms with Gasteiger partial charge in [-0.1, -0.05) is 0 Å². The largest absolute Gasteiger partial charge is 0.380 e. The van der Waals surface area contributed by atoms with Crippen molar-refractivity contribution >= 4 is 5.91 Å². The average Bonchev–Trinajstić information content (AvgIpc) is 2.85. The molecule has 0 aliphatic carbocycles. The first-order chi connectivity index (χ1) is 8.69. The van der Waals surface area contributed by atoms with Crippen molar-refractivity contribution in [3.05, 3.63) is 0 Å². The van der Waals surface area contributed by atoms with Crippen LogP contribution in [-0.2, 0) is 9.53 Å². The van der Waals surface area contributed by atoms with Crippen LogP contribution >= 0.6 is 0 Å². The lowest BCUT2D eigenvalue weighted by atomic mass is 9.98. The molecule has 2 saturated heterocycles. The fourth-order valence-electron chi connectivity index (χ4n) is 2.89. The van der Waals surface area contributed by atoms with E-state index in [1.165, 1.54) is 19.4 Å². The van der Waals surface area contributed by atoms with Crippen LogP contribution in [0.5, 0.6) is 0 Å². The van der Waals surface area contributed by atoms with E-state index >= 15 is 0 Å². The van der Waals surface area contributed by atoms with Crippen molar-refractivity contribution in [1.82, 2.24) is 15.5 Å². The number of hydrogen-bond donors (Lipinski definition) is 2. The summed E-state index contributed by atoms with van der Waals surface area (Å²) in [5.41, 5.74) is 0. The van der Waals surface area contributed by atoms with E-state index in [9.17, 15) is 4.79 Å². The van der Waals surface area contributed by atoms with Crippen molar-refractivity contribution in [2.24, 2.45) is 5.92 Å². The Kier molecular flexibility index (Phi) is 4.97. The molecule has 0 saturated carbocycles. The lowest BCUT2D eigenvalue weighted by Crippen LogP contribution is -2.44. The zero-order valence-corrected chi connectivity index (χ0v) is 11.4. The van der Waals surface area contributed by atoms with E-state index in [0.29, 0.717) is 5.92 Å². The van der Waals surface area contributed by atoms with Crippen molar-refractivity contribution < 1.29 is 9.53 Å². The number of ether oxygens (including phenoxy) is 1. The smallest absolute Gasteiger partial charge is 0.237 e. The Hall–Kier alpha value is -0.650. The first-order valence-electron chi connectivity index (χ1n) is 6.91. The molecule has 0 bridgehead atoms. The van der Waals surface area contributed by atoms with Gasteiger partial charge in [0.15, 0.2) is 0 Å². The summed E-state index contributed by atoms with van der Waals surface area (Å²) in [4.78, 5) is 14.3. The summed E-state index contributed by atoms with van der Waals surface area (Å²) in [6.45, 7) is 3.86. The number of amides is 1. The van der Waals surface area contributed by atoms with Crippen LogP contribution in [0.3, 0.4) is 0 Å². The van der Waals surface area contributed by atoms with Crippen LogP contribution in [0.2, 0.25) is 0 Å². The van der Waals surface area contributed by atoms with Gasteiger partial charge in [-0.15, -0.1) is 0 Å². The standard InChI is InChI=1S/C13H25N3O2/c1-16-5-3-4-10(9-16)7-15-13(17)12-6-11(18-2)8-14-12/h10-12,14H,3-9H2,1-2H3,(H,15,17). The zero-order valence-electron chi connectivity index (χ0n) is 11.4. The van der Waals surface area contributed by atoms with Crippen molar-refractivity contribution in [2.45, 2.75) is 31.4 Å². The fraction of sp³-hybridized carbons (Fsp3) is 0.923. The molecule has 0 radical (unpaired) electrons. The molecule has 2 N–H and O–H groups in total. The molecule has 5 nitrogen and oxygen atoms in total. The highest BCUT2D eigenvalue weighted by Gasteiger charge is 2.29. The number of carbonyl (C=O) groups is 1. The summed E-state index contributed by atoms with van der Waals surface area (Å²) in [7, 11) is 3.85. The third kappa shape index (κ3) is 3.67. The van der Waals surface area contributed by atoms with Crippen LogP contribution < -0.4 is 10.6 Å². The second kappa shape index (κ2) is 6.50. The SMILES string of the molecule is COC1CNC(C(=O)NCC2CCCN(C)C2)C1. The molecule has 1 amide bonds. The third-order valence-corrected chi connectivity index (χ3v) is 4.03. The van der Waals surface area contributed by atoms with E-state index < -0.39 is 0 Å². The number of hydrogen-bond acceptors (Lipinski definition) is 4. The molecule has 5 heteroatoms. The molecular weight excluding hydrogens is 230 g/mol. The third-order valence-electron chi connectivity index (χ3n) is 4.03. The molecule has 2 aliphatic rings. The molecular formula is C13H25N3O2. The molecule has 2 fully saturated rings. The maximum Gasteiger partial charge on any atom is 0.237 e. The van der Waals surface area contributed by atoms with Gasteiger partial charge in [-0.3, -0.25) is 4.79 Å². The molecule has 0 aromatic heterocycles. The van der Waals surface area contributed by atoms with Crippen LogP contribution in [0.4, 0.5) is 0 Å². The minimum atomic E-state index is -0.0729. The van der Waals surface area contributed by atoms with Crippen molar-refractivity contribution in [2.75, 3.05) is 40.3 Å². The Morgan fingerprint density at radius 1 is 1.56 bits per heavy atom. The Morgan fingerprint density at radius 3 is 3.06 bits per heavy atom. The van der Waals surface area contributed by atoms with Crippen molar-refractivity contribution in [3.8, 4) is 0 Å². The fourth-order valence-corrected chi connectivity index (χ4v) is 2.89. The molecule has 18 heavy (non-hydrogen) atoms. The molecule has 0 aromatic rings. The number of piperidine rings is 1. The van der Waals surface area contributed by atoms with Crippen molar-refractivity contribution in [1.29, 1.82) is 0 Å². The molecule has 2 rings (SSSR count). The first-order valence-corrected chi connectivity index (χ1v) is 6.91. The zero-order chi connectivity index (χ0) is 13.0. The molecule has 104 valence electrons. The maximum atomic E-state index is 12.0.